The van der Waals surface area contributed by atoms with Gasteiger partial charge in [0.15, 0.2) is 0 Å². The highest BCUT2D eigenvalue weighted by Crippen LogP contribution is 2.21. The predicted molar refractivity (Wildman–Crippen MR) is 102 cm³/mol. The summed E-state index contributed by atoms with van der Waals surface area (Å²) in [5.74, 6) is 1.18. The lowest BCUT2D eigenvalue weighted by atomic mass is 9.98. The topological polar surface area (TPSA) is 71.1 Å². The Kier molecular flexibility index (Phi) is 5.14. The summed E-state index contributed by atoms with van der Waals surface area (Å²) in [5, 5.41) is 6.83. The molecule has 0 saturated carbocycles. The average molecular weight is 362 g/mol. The largest absolute Gasteiger partial charge is 0.492 e. The quantitative estimate of drug-likeness (QED) is 0.755. The van der Waals surface area contributed by atoms with Crippen LogP contribution in [-0.2, 0) is 0 Å². The third kappa shape index (κ3) is 4.16. The first-order valence-electron chi connectivity index (χ1n) is 9.22. The van der Waals surface area contributed by atoms with Gasteiger partial charge in [0.1, 0.15) is 5.75 Å². The van der Waals surface area contributed by atoms with Crippen molar-refractivity contribution in [3.63, 3.8) is 0 Å². The maximum atomic E-state index is 12.6. The molecule has 138 valence electrons. The minimum absolute atomic E-state index is 0.103. The lowest BCUT2D eigenvalue weighted by Gasteiger charge is -2.32. The van der Waals surface area contributed by atoms with Crippen molar-refractivity contribution in [2.75, 3.05) is 19.7 Å². The van der Waals surface area contributed by atoms with E-state index in [0.29, 0.717) is 12.5 Å². The van der Waals surface area contributed by atoms with Crippen molar-refractivity contribution >= 4 is 5.91 Å². The van der Waals surface area contributed by atoms with Crippen LogP contribution in [0.5, 0.6) is 5.75 Å². The van der Waals surface area contributed by atoms with Crippen LogP contribution in [0, 0.1) is 5.92 Å². The minimum atomic E-state index is 0.103. The molecule has 1 fully saturated rings. The van der Waals surface area contributed by atoms with Crippen LogP contribution >= 0.6 is 0 Å². The molecule has 3 heterocycles. The Balaban J connectivity index is 1.32. The summed E-state index contributed by atoms with van der Waals surface area (Å²) in [4.78, 5) is 19.0. The lowest BCUT2D eigenvalue weighted by molar-refractivity contribution is 0.0633. The van der Waals surface area contributed by atoms with E-state index in [-0.39, 0.29) is 5.91 Å². The number of nitrogens with one attached hydrogen (secondary N) is 1. The molecule has 4 rings (SSSR count). The zero-order valence-corrected chi connectivity index (χ0v) is 15.0. The van der Waals surface area contributed by atoms with Gasteiger partial charge in [-0.15, -0.1) is 0 Å². The number of pyridine rings is 1. The molecule has 6 nitrogen and oxygen atoms in total. The molecule has 1 aliphatic rings. The van der Waals surface area contributed by atoms with Crippen LogP contribution < -0.4 is 4.74 Å². The number of H-pyrrole nitrogens is 1. The number of nitrogens with zero attached hydrogens (tertiary/aromatic N) is 3. The molecular formula is C21H22N4O2. The molecule has 0 aliphatic carbocycles. The molecule has 2 aromatic heterocycles. The van der Waals surface area contributed by atoms with E-state index in [1.54, 1.807) is 12.4 Å². The Morgan fingerprint density at radius 1 is 1.19 bits per heavy atom. The number of rotatable bonds is 5. The Labute approximate surface area is 158 Å². The van der Waals surface area contributed by atoms with E-state index in [2.05, 4.69) is 15.2 Å². The first-order valence-corrected chi connectivity index (χ1v) is 9.22. The number of amides is 1. The SMILES string of the molecule is O=C(c1ccccc1)N1CCC[C@@H](COc2ccc(-c3ccn[nH]3)nc2)C1. The number of piperidine rings is 1. The molecule has 1 aromatic carbocycles. The number of hydrogen-bond acceptors (Lipinski definition) is 4. The highest BCUT2D eigenvalue weighted by atomic mass is 16.5. The summed E-state index contributed by atoms with van der Waals surface area (Å²) in [7, 11) is 0. The van der Waals surface area contributed by atoms with Gasteiger partial charge >= 0.3 is 0 Å². The van der Waals surface area contributed by atoms with E-state index in [1.807, 2.05) is 53.4 Å². The standard InChI is InChI=1S/C21H22N4O2/c26-21(17-6-2-1-3-7-17)25-12-4-5-16(14-25)15-27-18-8-9-19(22-13-18)20-10-11-23-24-20/h1-3,6-11,13,16H,4-5,12,14-15H2,(H,23,24)/t16-/m1/s1. The average Bonchev–Trinajstić information content (AvgIpc) is 3.28. The van der Waals surface area contributed by atoms with Crippen LogP contribution in [0.1, 0.15) is 23.2 Å². The molecule has 1 atom stereocenters. The van der Waals surface area contributed by atoms with Crippen LogP contribution in [0.4, 0.5) is 0 Å². The second kappa shape index (κ2) is 8.03. The fourth-order valence-corrected chi connectivity index (χ4v) is 3.39. The van der Waals surface area contributed by atoms with Crippen molar-refractivity contribution in [3.8, 4) is 17.1 Å². The summed E-state index contributed by atoms with van der Waals surface area (Å²) in [6, 6.07) is 15.2. The van der Waals surface area contributed by atoms with Crippen LogP contribution in [0.15, 0.2) is 60.9 Å². The van der Waals surface area contributed by atoms with Gasteiger partial charge < -0.3 is 9.64 Å². The first kappa shape index (κ1) is 17.3. The zero-order valence-electron chi connectivity index (χ0n) is 15.0. The number of ether oxygens (including phenoxy) is 1. The Morgan fingerprint density at radius 2 is 2.07 bits per heavy atom. The van der Waals surface area contributed by atoms with Gasteiger partial charge in [0, 0.05) is 30.8 Å². The third-order valence-electron chi connectivity index (χ3n) is 4.83. The van der Waals surface area contributed by atoms with Crippen LogP contribution in [0.25, 0.3) is 11.4 Å². The van der Waals surface area contributed by atoms with Gasteiger partial charge in [0.2, 0.25) is 0 Å². The number of aromatic nitrogens is 3. The molecule has 1 aliphatic heterocycles. The maximum absolute atomic E-state index is 12.6. The summed E-state index contributed by atoms with van der Waals surface area (Å²) >= 11 is 0. The Hall–Kier alpha value is -3.15. The van der Waals surface area contributed by atoms with Crippen LogP contribution in [0.3, 0.4) is 0 Å². The smallest absolute Gasteiger partial charge is 0.253 e. The zero-order chi connectivity index (χ0) is 18.5. The van der Waals surface area contributed by atoms with E-state index in [9.17, 15) is 4.79 Å². The predicted octanol–water partition coefficient (Wildman–Crippen LogP) is 3.40. The van der Waals surface area contributed by atoms with Crippen molar-refractivity contribution in [1.82, 2.24) is 20.1 Å². The summed E-state index contributed by atoms with van der Waals surface area (Å²) in [5.41, 5.74) is 2.46. The van der Waals surface area contributed by atoms with Crippen LogP contribution in [0.2, 0.25) is 0 Å². The van der Waals surface area contributed by atoms with E-state index < -0.39 is 0 Å². The molecular weight excluding hydrogens is 340 g/mol. The molecule has 0 bridgehead atoms. The molecule has 1 N–H and O–H groups in total. The van der Waals surface area contributed by atoms with Gasteiger partial charge in [-0.2, -0.15) is 5.10 Å². The highest BCUT2D eigenvalue weighted by molar-refractivity contribution is 5.94. The van der Waals surface area contributed by atoms with E-state index in [0.717, 1.165) is 48.6 Å². The van der Waals surface area contributed by atoms with Gasteiger partial charge in [-0.25, -0.2) is 0 Å². The molecule has 0 radical (unpaired) electrons. The number of carbonyl (C=O) groups excluding carboxylic acids is 1. The molecule has 27 heavy (non-hydrogen) atoms. The van der Waals surface area contributed by atoms with Gasteiger partial charge in [0.25, 0.3) is 5.91 Å². The van der Waals surface area contributed by atoms with Crippen molar-refractivity contribution in [3.05, 3.63) is 66.5 Å². The van der Waals surface area contributed by atoms with Crippen molar-refractivity contribution < 1.29 is 9.53 Å². The van der Waals surface area contributed by atoms with Gasteiger partial charge in [0.05, 0.1) is 24.2 Å². The van der Waals surface area contributed by atoms with E-state index >= 15 is 0 Å². The van der Waals surface area contributed by atoms with Crippen molar-refractivity contribution in [2.24, 2.45) is 5.92 Å². The Morgan fingerprint density at radius 3 is 2.81 bits per heavy atom. The van der Waals surface area contributed by atoms with Gasteiger partial charge in [-0.3, -0.25) is 14.9 Å². The summed E-state index contributed by atoms with van der Waals surface area (Å²) < 4.78 is 5.93. The van der Waals surface area contributed by atoms with E-state index in [4.69, 9.17) is 4.74 Å². The number of aromatic amines is 1. The molecule has 3 aromatic rings. The van der Waals surface area contributed by atoms with Crippen LogP contribution in [-0.4, -0.2) is 45.7 Å². The monoisotopic (exact) mass is 362 g/mol. The molecule has 0 spiro atoms. The van der Waals surface area contributed by atoms with Crippen molar-refractivity contribution in [1.29, 1.82) is 0 Å². The number of hydrogen-bond donors (Lipinski definition) is 1. The highest BCUT2D eigenvalue weighted by Gasteiger charge is 2.24. The lowest BCUT2D eigenvalue weighted by Crippen LogP contribution is -2.41. The maximum Gasteiger partial charge on any atom is 0.253 e. The molecule has 6 heteroatoms. The van der Waals surface area contributed by atoms with Gasteiger partial charge in [-0.05, 0) is 43.2 Å². The third-order valence-corrected chi connectivity index (χ3v) is 4.83. The minimum Gasteiger partial charge on any atom is -0.492 e. The second-order valence-corrected chi connectivity index (χ2v) is 6.79. The molecule has 0 unspecified atom stereocenters. The van der Waals surface area contributed by atoms with Gasteiger partial charge in [-0.1, -0.05) is 18.2 Å². The summed E-state index contributed by atoms with van der Waals surface area (Å²) in [6.45, 7) is 2.13. The fraction of sp³-hybridized carbons (Fsp3) is 0.286. The molecule has 1 saturated heterocycles. The van der Waals surface area contributed by atoms with Crippen molar-refractivity contribution in [2.45, 2.75) is 12.8 Å². The Bertz CT molecular complexity index is 863. The fourth-order valence-electron chi connectivity index (χ4n) is 3.39. The second-order valence-electron chi connectivity index (χ2n) is 6.79. The summed E-state index contributed by atoms with van der Waals surface area (Å²) in [6.07, 6.45) is 5.50. The normalized spacial score (nSPS) is 16.9. The van der Waals surface area contributed by atoms with E-state index in [1.165, 1.54) is 0 Å². The molecule has 1 amide bonds. The number of carbonyl (C=O) groups is 1. The number of benzene rings is 1. The first-order chi connectivity index (χ1) is 13.3. The number of likely N-dealkylation sites (tertiary alicyclic amines) is 1.